The molecule has 132 heavy (non-hydrogen) atoms. The average molecular weight is 1930 g/mol. The van der Waals surface area contributed by atoms with Crippen molar-refractivity contribution in [2.75, 3.05) is 66.1 Å². The molecule has 0 spiro atoms. The maximum Gasteiger partial charge on any atom is 0.217 e. The summed E-state index contributed by atoms with van der Waals surface area (Å²) in [6, 6.07) is -13.3. The second-order valence-electron chi connectivity index (χ2n) is 33.2. The van der Waals surface area contributed by atoms with Crippen molar-refractivity contribution in [2.45, 2.75) is 355 Å². The SMILES string of the molecule is CC(=O)N[C@@H]1[C@@H](O)[C@H](O[C@@H]2O[C@H](CO)[C@@H](O[C@@H]3O[C@H](CO[C@H]4O[C@H](CO[C@@H]5O[C@H](CO)[C@@H](O)[C@H](O)[C@H]5NC(C)=O)[C@@H](O[C@@H]5O[C@H](CO)[C@@H](O)[C@H](O)[C@H]5NC(C)=O)[C@H](O)[C@@H]4O[C@@H]4O[C@H](CO)[C@@H](O)[C@H](O)[C@H]4NC(C)=O)[C@@H](O[C@@H]4O[C@H](CO)[C@@H](O)[C@H](O)[C@H]4NC(C)=O)[C@H](O[C@H]4O[C@H](CO)[C@@H](O[C@@H]5O[C@H](CO)[C@@H](O)[C@H](O)[C@H]5NC(C)=O)[C@H](O)[C@@H]4O)[C@@H]3O)[C@H](O)[C@H]2NC(C)=O)[C@@H](CO)O[C@H]1O. The first-order valence-electron chi connectivity index (χ1n) is 42.1. The second-order valence-corrected chi connectivity index (χ2v) is 33.2. The van der Waals surface area contributed by atoms with Gasteiger partial charge in [-0.25, -0.2) is 0 Å². The van der Waals surface area contributed by atoms with Gasteiger partial charge in [0.1, 0.15) is 244 Å². The van der Waals surface area contributed by atoms with E-state index in [1.165, 1.54) is 0 Å². The summed E-state index contributed by atoms with van der Waals surface area (Å²) >= 11 is 0. The van der Waals surface area contributed by atoms with Crippen LogP contribution in [0.25, 0.3) is 0 Å². The van der Waals surface area contributed by atoms with Crippen LogP contribution in [0.3, 0.4) is 0 Å². The third-order valence-electron chi connectivity index (χ3n) is 23.7. The van der Waals surface area contributed by atoms with Gasteiger partial charge in [-0.05, 0) is 0 Å². The molecule has 0 unspecified atom stereocenters. The van der Waals surface area contributed by atoms with E-state index < -0.39 is 414 Å². The monoisotopic (exact) mass is 1930 g/mol. The predicted octanol–water partition coefficient (Wildman–Crippen LogP) is -21.8. The molecule has 50 atom stereocenters. The summed E-state index contributed by atoms with van der Waals surface area (Å²) in [5, 5.41) is 302. The number of aliphatic hydroxyl groups excluding tert-OH is 25. The Morgan fingerprint density at radius 2 is 0.417 bits per heavy atom. The second kappa shape index (κ2) is 47.9. The van der Waals surface area contributed by atoms with Gasteiger partial charge in [-0.15, -0.1) is 0 Å². The van der Waals surface area contributed by atoms with Crippen LogP contribution in [0.15, 0.2) is 0 Å². The minimum absolute atomic E-state index is 0.831. The first kappa shape index (κ1) is 109. The summed E-state index contributed by atoms with van der Waals surface area (Å²) in [4.78, 5) is 90.4. The van der Waals surface area contributed by atoms with Crippen LogP contribution in [-0.4, -0.2) is 542 Å². The van der Waals surface area contributed by atoms with Crippen LogP contribution in [-0.2, 0) is 124 Å². The fraction of sp³-hybridized carbons (Fsp3) is 0.905. The van der Waals surface area contributed by atoms with Crippen molar-refractivity contribution in [3.8, 4) is 0 Å². The lowest BCUT2D eigenvalue weighted by Crippen LogP contribution is -2.71. The molecule has 7 amide bonds. The standard InChI is InChI=1S/C74H123N7O51/c1-18(90)75-35-52(107)58(30(13-87)116-65(35)113)126-71-41(81-24(7)96)53(108)59(31(14-88)122-71)129-73-57(112)63(131-72-55(110)54(109)60(32(15-89)123-72)127-67-37(77-20(3)92)48(103)43(98)26(9-83)118-67)62(130-69-39(79-22(5)94)50(105)45(100)28(11-85)120-69)34(124-73)17-115-74-64(132-70-40(80-23(6)95)51(106)46(101)29(12-86)121-70)56(111)61(128-68-38(78-21(4)93)49(104)44(99)27(10-84)119-68)33(125-74)16-114-66-36(76-19(2)91)47(102)42(97)25(8-82)117-66/h25-74,82-89,97-113H,8-17H2,1-7H3,(H,75,90)(H,76,91)(H,77,92)(H,78,93)(H,79,94)(H,80,95)(H,81,96)/t25-,26-,27-,28-,29-,30-,31-,32-,33-,34-,35-,36-,37-,38-,39-,40-,41-,42-,43-,44-,45-,46-,47-,48-,49-,50-,51-,52-,53-,54-,55+,56+,57+,58-,59-,60-,61-,62-,63-,64+,65-,66-,67+,68+,69+,70+,71+,72-,73+,74+/m1/s1. The summed E-state index contributed by atoms with van der Waals surface area (Å²) < 4.78 is 118. The quantitative estimate of drug-likeness (QED) is 0.0280. The number of amides is 7. The third-order valence-corrected chi connectivity index (χ3v) is 23.7. The van der Waals surface area contributed by atoms with Crippen LogP contribution in [0.5, 0.6) is 0 Å². The van der Waals surface area contributed by atoms with Crippen molar-refractivity contribution in [1.82, 2.24) is 37.2 Å². The Kier molecular flexibility index (Phi) is 39.4. The zero-order chi connectivity index (χ0) is 97.4. The number of nitrogens with one attached hydrogen (secondary N) is 7. The maximum atomic E-state index is 13.4. The van der Waals surface area contributed by atoms with E-state index in [-0.39, 0.29) is 0 Å². The third kappa shape index (κ3) is 24.9. The average Bonchev–Trinajstić information content (AvgIpc) is 0.757. The molecule has 58 heteroatoms. The van der Waals surface area contributed by atoms with Crippen LogP contribution in [0, 0.1) is 0 Å². The van der Waals surface area contributed by atoms with Gasteiger partial charge < -0.3 is 255 Å². The number of carbonyl (C=O) groups excluding carboxylic acids is 7. The fourth-order valence-corrected chi connectivity index (χ4v) is 17.1. The van der Waals surface area contributed by atoms with E-state index in [2.05, 4.69) is 37.2 Å². The molecule has 0 saturated carbocycles. The normalized spacial score (nSPS) is 46.7. The van der Waals surface area contributed by atoms with E-state index in [9.17, 15) is 161 Å². The van der Waals surface area contributed by atoms with Crippen molar-refractivity contribution < 1.29 is 251 Å². The van der Waals surface area contributed by atoms with Crippen LogP contribution >= 0.6 is 0 Å². The Morgan fingerprint density at radius 3 is 0.765 bits per heavy atom. The molecule has 10 heterocycles. The number of hydrogen-bond donors (Lipinski definition) is 32. The zero-order valence-electron chi connectivity index (χ0n) is 71.7. The highest BCUT2D eigenvalue weighted by atomic mass is 16.8. The molecule has 32 N–H and O–H groups in total. The minimum atomic E-state index is -2.78. The van der Waals surface area contributed by atoms with Gasteiger partial charge in [0.15, 0.2) is 62.9 Å². The lowest BCUT2D eigenvalue weighted by Gasteiger charge is -2.52. The Morgan fingerprint density at radius 1 is 0.197 bits per heavy atom. The predicted molar refractivity (Wildman–Crippen MR) is 411 cm³/mol. The van der Waals surface area contributed by atoms with Crippen LogP contribution in [0.2, 0.25) is 0 Å². The van der Waals surface area contributed by atoms with Gasteiger partial charge in [-0.2, -0.15) is 0 Å². The van der Waals surface area contributed by atoms with E-state index in [0.717, 1.165) is 48.5 Å². The van der Waals surface area contributed by atoms with Crippen molar-refractivity contribution in [3.63, 3.8) is 0 Å². The summed E-state index contributed by atoms with van der Waals surface area (Å²) in [7, 11) is 0. The van der Waals surface area contributed by atoms with Gasteiger partial charge in [0.25, 0.3) is 0 Å². The Labute approximate surface area is 748 Å². The van der Waals surface area contributed by atoms with Crippen LogP contribution in [0.1, 0.15) is 48.5 Å². The first-order valence-corrected chi connectivity index (χ1v) is 42.1. The van der Waals surface area contributed by atoms with Crippen LogP contribution in [0.4, 0.5) is 0 Å². The molecular formula is C74H123N7O51. The van der Waals surface area contributed by atoms with Crippen molar-refractivity contribution in [2.24, 2.45) is 0 Å². The molecule has 0 aromatic heterocycles. The summed E-state index contributed by atoms with van der Waals surface area (Å²) in [6.45, 7) is -5.27. The smallest absolute Gasteiger partial charge is 0.217 e. The Hall–Kier alpha value is -5.47. The molecular weight excluding hydrogens is 1800 g/mol. The molecule has 760 valence electrons. The molecule has 10 aliphatic heterocycles. The zero-order valence-corrected chi connectivity index (χ0v) is 71.7. The lowest BCUT2D eigenvalue weighted by atomic mass is 9.93. The summed E-state index contributed by atoms with van der Waals surface area (Å²) in [5.41, 5.74) is 0. The molecule has 10 aliphatic rings. The van der Waals surface area contributed by atoms with Gasteiger partial charge in [0.2, 0.25) is 41.4 Å². The van der Waals surface area contributed by atoms with E-state index >= 15 is 0 Å². The molecule has 0 aromatic carbocycles. The molecule has 58 nitrogen and oxygen atoms in total. The van der Waals surface area contributed by atoms with Gasteiger partial charge in [0.05, 0.1) is 66.1 Å². The van der Waals surface area contributed by atoms with Gasteiger partial charge in [0, 0.05) is 48.5 Å². The highest BCUT2D eigenvalue weighted by molar-refractivity contribution is 5.75. The van der Waals surface area contributed by atoms with E-state index in [0.29, 0.717) is 0 Å². The number of aliphatic hydroxyl groups is 25. The van der Waals surface area contributed by atoms with Gasteiger partial charge in [-0.3, -0.25) is 33.6 Å². The van der Waals surface area contributed by atoms with Crippen LogP contribution < -0.4 is 37.2 Å². The highest BCUT2D eigenvalue weighted by Crippen LogP contribution is 2.42. The van der Waals surface area contributed by atoms with E-state index in [1.54, 1.807) is 0 Å². The highest BCUT2D eigenvalue weighted by Gasteiger charge is 2.63. The van der Waals surface area contributed by atoms with E-state index in [4.69, 9.17) is 90.0 Å². The van der Waals surface area contributed by atoms with E-state index in [1.807, 2.05) is 0 Å². The molecule has 10 rings (SSSR count). The minimum Gasteiger partial charge on any atom is -0.394 e. The number of ether oxygens (including phenoxy) is 19. The number of rotatable bonds is 35. The largest absolute Gasteiger partial charge is 0.394 e. The molecule has 10 fully saturated rings. The lowest BCUT2D eigenvalue weighted by molar-refractivity contribution is -0.406. The first-order chi connectivity index (χ1) is 62.4. The van der Waals surface area contributed by atoms with Crippen molar-refractivity contribution >= 4 is 41.4 Å². The van der Waals surface area contributed by atoms with Crippen molar-refractivity contribution in [3.05, 3.63) is 0 Å². The molecule has 0 aromatic rings. The number of hydrogen-bond acceptors (Lipinski definition) is 51. The Bertz CT molecular complexity index is 3700. The topological polar surface area (TPSA) is 885 Å². The summed E-state index contributed by atoms with van der Waals surface area (Å²) in [5.74, 6) is -6.58. The van der Waals surface area contributed by atoms with Crippen molar-refractivity contribution in [1.29, 1.82) is 0 Å². The molecule has 0 aliphatic carbocycles. The molecule has 0 bridgehead atoms. The molecule has 10 saturated heterocycles. The molecule has 0 radical (unpaired) electrons. The maximum absolute atomic E-state index is 13.4. The fourth-order valence-electron chi connectivity index (χ4n) is 17.1. The van der Waals surface area contributed by atoms with Gasteiger partial charge in [-0.1, -0.05) is 0 Å². The van der Waals surface area contributed by atoms with Gasteiger partial charge >= 0.3 is 0 Å². The number of carbonyl (C=O) groups is 7. The summed E-state index contributed by atoms with van der Waals surface area (Å²) in [6.07, 6.45) is -94.6. The Balaban J connectivity index is 1.14.